The van der Waals surface area contributed by atoms with Crippen molar-refractivity contribution in [1.29, 1.82) is 0 Å². The van der Waals surface area contributed by atoms with E-state index in [1.807, 2.05) is 18.2 Å². The zero-order valence-corrected chi connectivity index (χ0v) is 13.0. The number of anilines is 5. The summed E-state index contributed by atoms with van der Waals surface area (Å²) in [4.78, 5) is 8.12. The minimum atomic E-state index is -0.589. The quantitative estimate of drug-likeness (QED) is 0.498. The van der Waals surface area contributed by atoms with E-state index in [4.69, 9.17) is 0 Å². The topological polar surface area (TPSA) is 94.1 Å². The molecule has 2 aromatic carbocycles. The van der Waals surface area contributed by atoms with Crippen molar-refractivity contribution in [3.05, 3.63) is 60.0 Å². The molecule has 0 unspecified atom stereocenters. The molecule has 126 valence electrons. The summed E-state index contributed by atoms with van der Waals surface area (Å²) in [6.45, 7) is 0.765. The molecule has 0 saturated heterocycles. The first-order valence-corrected chi connectivity index (χ1v) is 7.65. The van der Waals surface area contributed by atoms with Crippen LogP contribution in [0.1, 0.15) is 5.56 Å². The molecule has 1 aliphatic rings. The van der Waals surface area contributed by atoms with Crippen LogP contribution in [0, 0.1) is 5.82 Å². The molecule has 25 heavy (non-hydrogen) atoms. The van der Waals surface area contributed by atoms with Crippen molar-refractivity contribution in [2.75, 3.05) is 16.1 Å². The minimum Gasteiger partial charge on any atom is -0.508 e. The summed E-state index contributed by atoms with van der Waals surface area (Å²) < 4.78 is 14.0. The van der Waals surface area contributed by atoms with Gasteiger partial charge in [0.1, 0.15) is 5.75 Å². The second kappa shape index (κ2) is 6.25. The fourth-order valence-corrected chi connectivity index (χ4v) is 2.52. The fraction of sp³-hybridized carbons (Fsp3) is 0.0588. The van der Waals surface area contributed by atoms with Crippen LogP contribution in [0.15, 0.2) is 48.7 Å². The van der Waals surface area contributed by atoms with Crippen molar-refractivity contribution >= 4 is 28.8 Å². The number of hydrogen-bond donors (Lipinski definition) is 5. The number of fused-ring (bicyclic) bond motifs is 1. The van der Waals surface area contributed by atoms with Gasteiger partial charge in [-0.25, -0.2) is 14.8 Å². The number of aromatic nitrogens is 2. The Bertz CT molecular complexity index is 933. The van der Waals surface area contributed by atoms with E-state index in [1.165, 1.54) is 12.1 Å². The van der Waals surface area contributed by atoms with Crippen molar-refractivity contribution in [2.24, 2.45) is 0 Å². The lowest BCUT2D eigenvalue weighted by atomic mass is 10.2. The maximum atomic E-state index is 14.0. The Balaban J connectivity index is 1.57. The number of nitrogens with zero attached hydrogens (tertiary/aromatic N) is 2. The molecule has 2 heterocycles. The van der Waals surface area contributed by atoms with Crippen molar-refractivity contribution in [2.45, 2.75) is 6.54 Å². The van der Waals surface area contributed by atoms with Crippen LogP contribution in [0.3, 0.4) is 0 Å². The van der Waals surface area contributed by atoms with Crippen LogP contribution in [-0.2, 0) is 6.54 Å². The van der Waals surface area contributed by atoms with Gasteiger partial charge >= 0.3 is 0 Å². The summed E-state index contributed by atoms with van der Waals surface area (Å²) in [5, 5.41) is 15.4. The molecule has 0 saturated carbocycles. The van der Waals surface area contributed by atoms with Gasteiger partial charge < -0.3 is 21.2 Å². The van der Waals surface area contributed by atoms with E-state index in [2.05, 4.69) is 31.5 Å². The molecule has 0 spiro atoms. The number of phenolic OH excluding ortho intramolecular Hbond substituents is 1. The Morgan fingerprint density at radius 2 is 1.96 bits per heavy atom. The van der Waals surface area contributed by atoms with Crippen LogP contribution >= 0.6 is 0 Å². The van der Waals surface area contributed by atoms with Gasteiger partial charge in [0.05, 0.1) is 11.9 Å². The lowest BCUT2D eigenvalue weighted by molar-refractivity contribution is 0.475. The van der Waals surface area contributed by atoms with E-state index in [-0.39, 0.29) is 17.5 Å². The van der Waals surface area contributed by atoms with Gasteiger partial charge in [-0.15, -0.1) is 0 Å². The molecule has 0 fully saturated rings. The standard InChI is InChI=1S/C17H15FN6O/c18-14-9-19-17(22-12-5-4-10-8-20-24-15(10)7-12)23-16(14)21-11-2-1-3-13(25)6-11/h1-7,9,20,24-25H,8H2,(H2,19,21,22,23). The first-order chi connectivity index (χ1) is 12.2. The minimum absolute atomic E-state index is 0.0176. The van der Waals surface area contributed by atoms with Gasteiger partial charge in [-0.2, -0.15) is 4.98 Å². The van der Waals surface area contributed by atoms with Crippen molar-refractivity contribution in [1.82, 2.24) is 15.4 Å². The highest BCUT2D eigenvalue weighted by atomic mass is 19.1. The van der Waals surface area contributed by atoms with Crippen LogP contribution in [0.5, 0.6) is 5.75 Å². The number of nitrogens with one attached hydrogen (secondary N) is 4. The SMILES string of the molecule is Oc1cccc(Nc2nc(Nc3ccc4c(c3)NNC4)ncc2F)c1. The van der Waals surface area contributed by atoms with Crippen LogP contribution in [0.25, 0.3) is 0 Å². The molecule has 4 rings (SSSR count). The molecular weight excluding hydrogens is 323 g/mol. The van der Waals surface area contributed by atoms with Crippen LogP contribution < -0.4 is 21.5 Å². The maximum Gasteiger partial charge on any atom is 0.229 e. The Kier molecular flexibility index (Phi) is 3.79. The maximum absolute atomic E-state index is 14.0. The number of phenols is 1. The first kappa shape index (κ1) is 15.2. The second-order valence-corrected chi connectivity index (χ2v) is 5.54. The molecule has 0 radical (unpaired) electrons. The number of halogens is 1. The van der Waals surface area contributed by atoms with Crippen molar-refractivity contribution in [3.8, 4) is 5.75 Å². The smallest absolute Gasteiger partial charge is 0.229 e. The second-order valence-electron chi connectivity index (χ2n) is 5.54. The van der Waals surface area contributed by atoms with Gasteiger partial charge in [0.15, 0.2) is 11.6 Å². The van der Waals surface area contributed by atoms with Gasteiger partial charge in [0.25, 0.3) is 0 Å². The third-order valence-electron chi connectivity index (χ3n) is 3.72. The largest absolute Gasteiger partial charge is 0.508 e. The lowest BCUT2D eigenvalue weighted by Crippen LogP contribution is -2.10. The van der Waals surface area contributed by atoms with Gasteiger partial charge in [-0.1, -0.05) is 12.1 Å². The molecule has 5 N–H and O–H groups in total. The number of rotatable bonds is 4. The highest BCUT2D eigenvalue weighted by Gasteiger charge is 2.11. The Labute approximate surface area is 142 Å². The molecule has 0 aliphatic carbocycles. The first-order valence-electron chi connectivity index (χ1n) is 7.65. The van der Waals surface area contributed by atoms with Gasteiger partial charge in [-0.3, -0.25) is 0 Å². The van der Waals surface area contributed by atoms with Crippen molar-refractivity contribution < 1.29 is 9.50 Å². The molecule has 0 atom stereocenters. The van der Waals surface area contributed by atoms with E-state index in [0.717, 1.165) is 29.7 Å². The number of hydrazine groups is 1. The molecule has 0 bridgehead atoms. The lowest BCUT2D eigenvalue weighted by Gasteiger charge is -2.10. The van der Waals surface area contributed by atoms with Crippen molar-refractivity contribution in [3.63, 3.8) is 0 Å². The summed E-state index contributed by atoms with van der Waals surface area (Å²) in [6.07, 6.45) is 1.09. The van der Waals surface area contributed by atoms with Crippen LogP contribution in [0.2, 0.25) is 0 Å². The third kappa shape index (κ3) is 3.29. The van der Waals surface area contributed by atoms with Crippen LogP contribution in [0.4, 0.5) is 33.2 Å². The van der Waals surface area contributed by atoms with E-state index in [0.29, 0.717) is 5.69 Å². The van der Waals surface area contributed by atoms with E-state index >= 15 is 0 Å². The summed E-state index contributed by atoms with van der Waals surface area (Å²) in [6, 6.07) is 12.2. The molecule has 1 aliphatic heterocycles. The average Bonchev–Trinajstić information content (AvgIpc) is 3.06. The fourth-order valence-electron chi connectivity index (χ4n) is 2.52. The summed E-state index contributed by atoms with van der Waals surface area (Å²) in [5.74, 6) is -0.232. The van der Waals surface area contributed by atoms with Gasteiger partial charge in [-0.05, 0) is 29.8 Å². The van der Waals surface area contributed by atoms with Gasteiger partial charge in [0.2, 0.25) is 5.95 Å². The highest BCUT2D eigenvalue weighted by Crippen LogP contribution is 2.26. The average molecular weight is 338 g/mol. The van der Waals surface area contributed by atoms with E-state index in [1.54, 1.807) is 12.1 Å². The molecule has 1 aromatic heterocycles. The predicted molar refractivity (Wildman–Crippen MR) is 93.6 cm³/mol. The van der Waals surface area contributed by atoms with E-state index in [9.17, 15) is 9.50 Å². The molecule has 3 aromatic rings. The highest BCUT2D eigenvalue weighted by molar-refractivity contribution is 5.66. The van der Waals surface area contributed by atoms with Crippen LogP contribution in [-0.4, -0.2) is 15.1 Å². The van der Waals surface area contributed by atoms with Gasteiger partial charge in [0, 0.05) is 24.0 Å². The normalized spacial score (nSPS) is 12.4. The summed E-state index contributed by atoms with van der Waals surface area (Å²) >= 11 is 0. The van der Waals surface area contributed by atoms with E-state index < -0.39 is 5.82 Å². The zero-order valence-electron chi connectivity index (χ0n) is 13.0. The Morgan fingerprint density at radius 3 is 2.84 bits per heavy atom. The molecule has 8 heteroatoms. The monoisotopic (exact) mass is 338 g/mol. The molecular formula is C17H15FN6O. The summed E-state index contributed by atoms with van der Waals surface area (Å²) in [5.41, 5.74) is 9.54. The summed E-state index contributed by atoms with van der Waals surface area (Å²) in [7, 11) is 0. The molecule has 7 nitrogen and oxygen atoms in total. The number of hydrogen-bond acceptors (Lipinski definition) is 7. The Morgan fingerprint density at radius 1 is 1.08 bits per heavy atom. The third-order valence-corrected chi connectivity index (χ3v) is 3.72. The number of benzene rings is 2. The molecule has 0 amide bonds. The number of aromatic hydroxyl groups is 1. The zero-order chi connectivity index (χ0) is 17.2. The Hall–Kier alpha value is -3.39. The predicted octanol–water partition coefficient (Wildman–Crippen LogP) is 3.24.